The van der Waals surface area contributed by atoms with Gasteiger partial charge in [0.2, 0.25) is 5.71 Å². The van der Waals surface area contributed by atoms with Crippen molar-refractivity contribution < 1.29 is 18.0 Å². The van der Waals surface area contributed by atoms with Crippen molar-refractivity contribution in [3.05, 3.63) is 180 Å². The van der Waals surface area contributed by atoms with Gasteiger partial charge in [-0.1, -0.05) is 106 Å². The number of benzene rings is 7. The Morgan fingerprint density at radius 1 is 0.750 bits per heavy atom. The van der Waals surface area contributed by atoms with Gasteiger partial charge in [-0.15, -0.1) is 0 Å². The van der Waals surface area contributed by atoms with E-state index in [2.05, 4.69) is 162 Å². The summed E-state index contributed by atoms with van der Waals surface area (Å²) in [6, 6.07) is 44.1. The van der Waals surface area contributed by atoms with Gasteiger partial charge in [0.25, 0.3) is 5.82 Å². The predicted octanol–water partition coefficient (Wildman–Crippen LogP) is 13.1. The van der Waals surface area contributed by atoms with Crippen LogP contribution >= 0.6 is 0 Å². The van der Waals surface area contributed by atoms with E-state index in [9.17, 15) is 0 Å². The molecule has 0 N–H and O–H groups in total. The maximum Gasteiger partial charge on any atom is 0.299 e. The zero-order valence-electron chi connectivity index (χ0n) is 34.9. The molecule has 0 radical (unpaired) electrons. The molecule has 2 aliphatic rings. The Labute approximate surface area is 350 Å². The van der Waals surface area contributed by atoms with Crippen LogP contribution in [0, 0.1) is 19.7 Å². The average Bonchev–Trinajstić information content (AvgIpc) is 3.88. The molecule has 6 heteroatoms. The number of nitrogens with zero attached hydrogens (tertiary/aromatic N) is 3. The lowest BCUT2D eigenvalue weighted by Gasteiger charge is -2.34. The molecule has 2 aromatic heterocycles. The molecular weight excluding hydrogens is 754 g/mol. The zero-order valence-corrected chi connectivity index (χ0v) is 35.9. The van der Waals surface area contributed by atoms with Crippen LogP contribution in [0.5, 0.6) is 0 Å². The SMILES string of the molecule is C=CC1=[N+](CC[Si](C)(C)C)C(C=C)C(C2c3ccc4c(oc5cc6ccc7ccccc7c6cc54)c3-c3n(-c4c(C)cc(F)cc4C)c4ccccc4[n+]32)c2ccccc21. The topological polar surface area (TPSA) is 25.0 Å². The quantitative estimate of drug-likeness (QED) is 0.0682. The van der Waals surface area contributed by atoms with Crippen LogP contribution in [-0.4, -0.2) is 35.5 Å². The molecule has 9 aromatic rings. The highest BCUT2D eigenvalue weighted by Crippen LogP contribution is 2.52. The van der Waals surface area contributed by atoms with Crippen LogP contribution in [-0.2, 0) is 0 Å². The van der Waals surface area contributed by atoms with Crippen molar-refractivity contribution in [1.82, 2.24) is 4.57 Å². The summed E-state index contributed by atoms with van der Waals surface area (Å²) in [4.78, 5) is 0. The fourth-order valence-electron chi connectivity index (χ4n) is 10.8. The largest absolute Gasteiger partial charge is 0.455 e. The Kier molecular flexibility index (Phi) is 8.14. The first-order valence-electron chi connectivity index (χ1n) is 21.2. The molecule has 11 rings (SSSR count). The van der Waals surface area contributed by atoms with Gasteiger partial charge < -0.3 is 4.42 Å². The van der Waals surface area contributed by atoms with Gasteiger partial charge >= 0.3 is 0 Å². The number of para-hydroxylation sites is 2. The highest BCUT2D eigenvalue weighted by Gasteiger charge is 2.53. The summed E-state index contributed by atoms with van der Waals surface area (Å²) in [7, 11) is -1.42. The predicted molar refractivity (Wildman–Crippen MR) is 250 cm³/mol. The molecule has 294 valence electrons. The number of aromatic nitrogens is 2. The summed E-state index contributed by atoms with van der Waals surface area (Å²) in [5.74, 6) is 0.799. The molecule has 2 aliphatic heterocycles. The molecule has 0 fully saturated rings. The van der Waals surface area contributed by atoms with Gasteiger partial charge in [0.15, 0.2) is 22.7 Å². The lowest BCUT2D eigenvalue weighted by molar-refractivity contribution is -0.685. The minimum atomic E-state index is -1.42. The summed E-state index contributed by atoms with van der Waals surface area (Å²) in [6.45, 7) is 21.3. The Bertz CT molecular complexity index is 3340. The first kappa shape index (κ1) is 36.7. The van der Waals surface area contributed by atoms with Gasteiger partial charge in [0.1, 0.15) is 35.2 Å². The second-order valence-corrected chi connectivity index (χ2v) is 23.8. The lowest BCUT2D eigenvalue weighted by Crippen LogP contribution is -2.50. The average molecular weight is 802 g/mol. The fourth-order valence-corrected chi connectivity index (χ4v) is 11.7. The second-order valence-electron chi connectivity index (χ2n) is 18.1. The van der Waals surface area contributed by atoms with Crippen LogP contribution in [0.3, 0.4) is 0 Å². The smallest absolute Gasteiger partial charge is 0.299 e. The van der Waals surface area contributed by atoms with Crippen LogP contribution in [0.25, 0.3) is 71.6 Å². The number of rotatable bonds is 7. The maximum atomic E-state index is 15.1. The maximum absolute atomic E-state index is 15.1. The second kappa shape index (κ2) is 13.3. The summed E-state index contributed by atoms with van der Waals surface area (Å²) >= 11 is 0. The third kappa shape index (κ3) is 5.26. The van der Waals surface area contributed by atoms with E-state index < -0.39 is 8.07 Å². The van der Waals surface area contributed by atoms with Gasteiger partial charge in [-0.25, -0.2) is 13.5 Å². The van der Waals surface area contributed by atoms with Crippen molar-refractivity contribution in [2.24, 2.45) is 0 Å². The highest BCUT2D eigenvalue weighted by molar-refractivity contribution is 6.76. The van der Waals surface area contributed by atoms with Crippen molar-refractivity contribution >= 4 is 68.3 Å². The number of halogens is 1. The molecule has 0 bridgehead atoms. The summed E-state index contributed by atoms with van der Waals surface area (Å²) in [5, 5.41) is 6.99. The van der Waals surface area contributed by atoms with Crippen molar-refractivity contribution in [1.29, 1.82) is 0 Å². The third-order valence-electron chi connectivity index (χ3n) is 13.4. The van der Waals surface area contributed by atoms with Crippen LogP contribution in [0.15, 0.2) is 151 Å². The molecule has 3 atom stereocenters. The van der Waals surface area contributed by atoms with Crippen LogP contribution < -0.4 is 4.57 Å². The normalized spacial score (nSPS) is 17.5. The fraction of sp³-hybridized carbons (Fsp3) is 0.185. The molecule has 0 saturated carbocycles. The lowest BCUT2D eigenvalue weighted by atomic mass is 9.76. The van der Waals surface area contributed by atoms with Gasteiger partial charge in [-0.3, -0.25) is 0 Å². The summed E-state index contributed by atoms with van der Waals surface area (Å²) in [5.41, 5.74) is 12.6. The van der Waals surface area contributed by atoms with Crippen molar-refractivity contribution in [3.8, 4) is 17.1 Å². The Balaban J connectivity index is 1.27. The molecule has 0 amide bonds. The number of furan rings is 1. The van der Waals surface area contributed by atoms with Gasteiger partial charge in [-0.2, -0.15) is 4.57 Å². The Hall–Kier alpha value is -6.37. The molecule has 0 aliphatic carbocycles. The minimum absolute atomic E-state index is 0.0144. The van der Waals surface area contributed by atoms with E-state index in [1.165, 1.54) is 38.6 Å². The van der Waals surface area contributed by atoms with Crippen LogP contribution in [0.4, 0.5) is 4.39 Å². The molecular formula is C54H48FN3OSi+2. The molecule has 7 aromatic carbocycles. The van der Waals surface area contributed by atoms with E-state index in [4.69, 9.17) is 4.42 Å². The molecule has 0 saturated heterocycles. The van der Waals surface area contributed by atoms with E-state index in [1.807, 2.05) is 19.9 Å². The first-order chi connectivity index (χ1) is 29.1. The standard InChI is InChI=1S/C54H48FN3OSi/c1-8-44-38-18-12-13-19-39(38)49(45(9-2)56(44)26-27-60(5,6)7)52-41-25-24-40-43-31-42-35(23-22-34-16-10-11-17-37(34)42)30-48(43)59-53(40)50(41)54-57(46-20-14-15-21-47(46)58(52)54)51-32(3)28-36(55)29-33(51)4/h8-25,28-31,45,49,52H,1-2,26-27H2,3-7H3/q+2. The first-order valence-corrected chi connectivity index (χ1v) is 24.9. The Morgan fingerprint density at radius 2 is 1.48 bits per heavy atom. The van der Waals surface area contributed by atoms with Gasteiger partial charge in [0, 0.05) is 34.0 Å². The van der Waals surface area contributed by atoms with E-state index in [-0.39, 0.29) is 23.8 Å². The highest BCUT2D eigenvalue weighted by atomic mass is 28.3. The van der Waals surface area contributed by atoms with Crippen molar-refractivity contribution in [2.45, 2.75) is 57.5 Å². The molecule has 0 spiro atoms. The van der Waals surface area contributed by atoms with E-state index in [1.54, 1.807) is 12.1 Å². The molecule has 60 heavy (non-hydrogen) atoms. The Morgan fingerprint density at radius 3 is 2.27 bits per heavy atom. The number of fused-ring (bicyclic) bond motifs is 13. The van der Waals surface area contributed by atoms with Crippen molar-refractivity contribution in [3.63, 3.8) is 0 Å². The molecule has 4 nitrogen and oxygen atoms in total. The molecule has 4 heterocycles. The van der Waals surface area contributed by atoms with E-state index in [0.717, 1.165) is 79.1 Å². The number of imidazole rings is 1. The van der Waals surface area contributed by atoms with Crippen molar-refractivity contribution in [2.75, 3.05) is 6.54 Å². The minimum Gasteiger partial charge on any atom is -0.455 e. The number of aryl methyl sites for hydroxylation is 2. The monoisotopic (exact) mass is 801 g/mol. The summed E-state index contributed by atoms with van der Waals surface area (Å²) in [6.07, 6.45) is 4.23. The summed E-state index contributed by atoms with van der Waals surface area (Å²) < 4.78 is 29.9. The van der Waals surface area contributed by atoms with Gasteiger partial charge in [0.05, 0.1) is 14.0 Å². The van der Waals surface area contributed by atoms with E-state index >= 15 is 4.39 Å². The van der Waals surface area contributed by atoms with Crippen LogP contribution in [0.2, 0.25) is 25.7 Å². The third-order valence-corrected chi connectivity index (χ3v) is 15.1. The van der Waals surface area contributed by atoms with Gasteiger partial charge in [-0.05, 0) is 107 Å². The zero-order chi connectivity index (χ0) is 41.2. The number of allylic oxidation sites excluding steroid dienone is 1. The van der Waals surface area contributed by atoms with E-state index in [0.29, 0.717) is 0 Å². The number of hydrogen-bond donors (Lipinski definition) is 0. The molecule has 3 unspecified atom stereocenters. The van der Waals surface area contributed by atoms with Crippen LogP contribution in [0.1, 0.15) is 39.8 Å². The number of hydrogen-bond acceptors (Lipinski definition) is 1.